The zero-order valence-corrected chi connectivity index (χ0v) is 11.1. The van der Waals surface area contributed by atoms with Crippen molar-refractivity contribution < 1.29 is 23.4 Å². The smallest absolute Gasteiger partial charge is 0.358 e. The van der Waals surface area contributed by atoms with Gasteiger partial charge in [-0.15, -0.1) is 5.10 Å². The van der Waals surface area contributed by atoms with Crippen molar-refractivity contribution in [1.82, 2.24) is 24.5 Å². The lowest BCUT2D eigenvalue weighted by Crippen LogP contribution is -2.15. The van der Waals surface area contributed by atoms with Gasteiger partial charge in [-0.3, -0.25) is 4.57 Å². The molecule has 0 bridgehead atoms. The fourth-order valence-electron chi connectivity index (χ4n) is 1.85. The molecule has 10 heteroatoms. The molecule has 2 aromatic heterocycles. The van der Waals surface area contributed by atoms with E-state index in [-0.39, 0.29) is 31.1 Å². The second-order valence-corrected chi connectivity index (χ2v) is 4.12. The number of hydrogen-bond donors (Lipinski definition) is 1. The van der Waals surface area contributed by atoms with Crippen LogP contribution in [0.2, 0.25) is 0 Å². The van der Waals surface area contributed by atoms with Gasteiger partial charge < -0.3 is 9.84 Å². The Morgan fingerprint density at radius 1 is 1.52 bits per heavy atom. The van der Waals surface area contributed by atoms with Gasteiger partial charge in [0.15, 0.2) is 5.69 Å². The molecule has 0 fully saturated rings. The van der Waals surface area contributed by atoms with Gasteiger partial charge in [0.1, 0.15) is 12.4 Å². The maximum atomic E-state index is 12.8. The van der Waals surface area contributed by atoms with Crippen molar-refractivity contribution in [3.8, 4) is 0 Å². The van der Waals surface area contributed by atoms with Crippen molar-refractivity contribution in [2.24, 2.45) is 0 Å². The number of carboxylic acids is 1. The first-order valence-electron chi connectivity index (χ1n) is 5.99. The van der Waals surface area contributed by atoms with E-state index in [1.165, 1.54) is 18.0 Å². The summed E-state index contributed by atoms with van der Waals surface area (Å²) in [5.74, 6) is -1.17. The molecular weight excluding hydrogens is 288 g/mol. The van der Waals surface area contributed by atoms with Gasteiger partial charge in [-0.05, 0) is 0 Å². The van der Waals surface area contributed by atoms with Crippen LogP contribution in [-0.2, 0) is 17.7 Å². The molecule has 0 aliphatic carbocycles. The second-order valence-electron chi connectivity index (χ2n) is 4.12. The number of imidazole rings is 1. The van der Waals surface area contributed by atoms with Crippen molar-refractivity contribution in [1.29, 1.82) is 0 Å². The predicted octanol–water partition coefficient (Wildman–Crippen LogP) is 0.805. The first-order valence-corrected chi connectivity index (χ1v) is 5.99. The molecule has 0 aliphatic heterocycles. The fraction of sp³-hybridized carbons (Fsp3) is 0.455. The van der Waals surface area contributed by atoms with E-state index in [1.54, 1.807) is 0 Å². The van der Waals surface area contributed by atoms with Crippen LogP contribution >= 0.6 is 0 Å². The first-order chi connectivity index (χ1) is 10.0. The molecule has 0 saturated heterocycles. The van der Waals surface area contributed by atoms with Crippen LogP contribution < -0.4 is 0 Å². The van der Waals surface area contributed by atoms with Gasteiger partial charge in [0.25, 0.3) is 0 Å². The van der Waals surface area contributed by atoms with Gasteiger partial charge in [0.05, 0.1) is 12.3 Å². The summed E-state index contributed by atoms with van der Waals surface area (Å²) in [7, 11) is 1.47. The van der Waals surface area contributed by atoms with Crippen molar-refractivity contribution in [3.05, 3.63) is 29.6 Å². The fourth-order valence-corrected chi connectivity index (χ4v) is 1.85. The molecule has 0 radical (unpaired) electrons. The molecule has 8 nitrogen and oxygen atoms in total. The van der Waals surface area contributed by atoms with Crippen LogP contribution in [0.15, 0.2) is 12.4 Å². The van der Waals surface area contributed by atoms with Crippen molar-refractivity contribution in [3.63, 3.8) is 0 Å². The molecule has 2 aromatic rings. The molecule has 0 spiro atoms. The Kier molecular flexibility index (Phi) is 4.58. The number of carboxylic acid groups (broad SMARTS) is 1. The molecule has 0 unspecified atom stereocenters. The first kappa shape index (κ1) is 15.0. The van der Waals surface area contributed by atoms with E-state index < -0.39 is 12.5 Å². The monoisotopic (exact) mass is 301 g/mol. The van der Waals surface area contributed by atoms with E-state index in [4.69, 9.17) is 9.84 Å². The third-order valence-electron chi connectivity index (χ3n) is 2.83. The van der Waals surface area contributed by atoms with E-state index in [9.17, 15) is 13.6 Å². The maximum Gasteiger partial charge on any atom is 0.358 e. The number of aromatic carboxylic acids is 1. The van der Waals surface area contributed by atoms with Crippen molar-refractivity contribution in [2.75, 3.05) is 13.7 Å². The molecule has 0 aromatic carbocycles. The highest BCUT2D eigenvalue weighted by atomic mass is 19.3. The lowest BCUT2D eigenvalue weighted by molar-refractivity contribution is 0.0661. The highest BCUT2D eigenvalue weighted by Gasteiger charge is 2.20. The minimum Gasteiger partial charge on any atom is -0.476 e. The third-order valence-corrected chi connectivity index (χ3v) is 2.83. The van der Waals surface area contributed by atoms with Crippen LogP contribution in [0.1, 0.15) is 28.6 Å². The number of methoxy groups -OCH3 is 1. The molecule has 0 amide bonds. The van der Waals surface area contributed by atoms with Gasteiger partial charge in [-0.1, -0.05) is 5.21 Å². The Morgan fingerprint density at radius 2 is 2.29 bits per heavy atom. The van der Waals surface area contributed by atoms with Crippen LogP contribution in [0.5, 0.6) is 0 Å². The van der Waals surface area contributed by atoms with Gasteiger partial charge in [0, 0.05) is 25.9 Å². The summed E-state index contributed by atoms with van der Waals surface area (Å²) in [5, 5.41) is 16.3. The number of alkyl halides is 2. The molecular formula is C11H13F2N5O3. The molecule has 2 heterocycles. The Balaban J connectivity index is 2.30. The minimum atomic E-state index is -2.73. The largest absolute Gasteiger partial charge is 0.476 e. The highest BCUT2D eigenvalue weighted by Crippen LogP contribution is 2.15. The second kappa shape index (κ2) is 6.39. The summed E-state index contributed by atoms with van der Waals surface area (Å²) >= 11 is 0. The van der Waals surface area contributed by atoms with E-state index in [0.29, 0.717) is 10.3 Å². The molecule has 0 saturated carbocycles. The highest BCUT2D eigenvalue weighted by molar-refractivity contribution is 5.86. The number of ether oxygens (including phenoxy) is 1. The standard InChI is InChI=1S/C11H13F2N5O3/c1-21-5-2-7-9(10(19)20)15-16-18(7)6-8-14-3-4-17(8)11(12)13/h3-4,11H,2,5-6H2,1H3,(H,19,20). The Bertz CT molecular complexity index is 625. The minimum absolute atomic E-state index is 0.0607. The van der Waals surface area contributed by atoms with Crippen LogP contribution in [0, 0.1) is 0 Å². The van der Waals surface area contributed by atoms with E-state index >= 15 is 0 Å². The molecule has 0 atom stereocenters. The number of nitrogens with zero attached hydrogens (tertiary/aromatic N) is 5. The van der Waals surface area contributed by atoms with Crippen LogP contribution in [0.3, 0.4) is 0 Å². The number of aromatic nitrogens is 5. The van der Waals surface area contributed by atoms with Gasteiger partial charge in [0.2, 0.25) is 0 Å². The maximum absolute atomic E-state index is 12.8. The van der Waals surface area contributed by atoms with Crippen LogP contribution in [0.25, 0.3) is 0 Å². The lowest BCUT2D eigenvalue weighted by atomic mass is 10.2. The quantitative estimate of drug-likeness (QED) is 0.813. The van der Waals surface area contributed by atoms with Gasteiger partial charge >= 0.3 is 12.5 Å². The van der Waals surface area contributed by atoms with Crippen molar-refractivity contribution >= 4 is 5.97 Å². The zero-order valence-electron chi connectivity index (χ0n) is 11.1. The van der Waals surface area contributed by atoms with E-state index in [1.807, 2.05) is 0 Å². The van der Waals surface area contributed by atoms with E-state index in [0.717, 1.165) is 6.20 Å². The number of carbonyl (C=O) groups is 1. The Hall–Kier alpha value is -2.36. The summed E-state index contributed by atoms with van der Waals surface area (Å²) in [5.41, 5.74) is 0.0790. The number of rotatable bonds is 7. The SMILES string of the molecule is COCCc1c(C(=O)O)nnn1Cc1nccn1C(F)F. The molecule has 2 rings (SSSR count). The Labute approximate surface area is 118 Å². The Morgan fingerprint density at radius 3 is 2.90 bits per heavy atom. The average molecular weight is 301 g/mol. The van der Waals surface area contributed by atoms with Crippen molar-refractivity contribution in [2.45, 2.75) is 19.5 Å². The van der Waals surface area contributed by atoms with Gasteiger partial charge in [-0.2, -0.15) is 8.78 Å². The third kappa shape index (κ3) is 3.21. The van der Waals surface area contributed by atoms with Gasteiger partial charge in [-0.25, -0.2) is 14.5 Å². The van der Waals surface area contributed by atoms with Crippen LogP contribution in [0.4, 0.5) is 8.78 Å². The summed E-state index contributed by atoms with van der Waals surface area (Å²) in [6.07, 6.45) is 2.63. The topological polar surface area (TPSA) is 95.1 Å². The summed E-state index contributed by atoms with van der Waals surface area (Å²) < 4.78 is 32.3. The molecule has 114 valence electrons. The van der Waals surface area contributed by atoms with Crippen LogP contribution in [-0.4, -0.2) is 49.3 Å². The molecule has 21 heavy (non-hydrogen) atoms. The molecule has 1 N–H and O–H groups in total. The average Bonchev–Trinajstić information content (AvgIpc) is 3.03. The lowest BCUT2D eigenvalue weighted by Gasteiger charge is -2.09. The predicted molar refractivity (Wildman–Crippen MR) is 65.1 cm³/mol. The van der Waals surface area contributed by atoms with E-state index in [2.05, 4.69) is 15.3 Å². The summed E-state index contributed by atoms with van der Waals surface area (Å²) in [6.45, 7) is -2.57. The summed E-state index contributed by atoms with van der Waals surface area (Å²) in [6, 6.07) is 0. The normalized spacial score (nSPS) is 11.2. The number of hydrogen-bond acceptors (Lipinski definition) is 5. The number of halogens is 2. The zero-order chi connectivity index (χ0) is 15.4. The summed E-state index contributed by atoms with van der Waals surface area (Å²) in [4.78, 5) is 14.9. The molecule has 0 aliphatic rings.